The van der Waals surface area contributed by atoms with Gasteiger partial charge in [0.25, 0.3) is 0 Å². The summed E-state index contributed by atoms with van der Waals surface area (Å²) in [6, 6.07) is 3.67. The molecule has 6 heteroatoms. The summed E-state index contributed by atoms with van der Waals surface area (Å²) in [5.41, 5.74) is 0.114. The van der Waals surface area contributed by atoms with Crippen molar-refractivity contribution in [3.05, 3.63) is 24.0 Å². The topological polar surface area (TPSA) is 72.2 Å². The van der Waals surface area contributed by atoms with Gasteiger partial charge in [-0.25, -0.2) is 17.9 Å². The first-order chi connectivity index (χ1) is 8.20. The van der Waals surface area contributed by atoms with Crippen molar-refractivity contribution in [1.82, 2.24) is 0 Å². The molecule has 1 aromatic rings. The minimum Gasteiger partial charge on any atom is -0.378 e. The molecule has 100 valence electrons. The molecule has 0 amide bonds. The quantitative estimate of drug-likeness (QED) is 0.881. The largest absolute Gasteiger partial charge is 0.378 e. The highest BCUT2D eigenvalue weighted by atomic mass is 32.2. The van der Waals surface area contributed by atoms with Gasteiger partial charge in [-0.1, -0.05) is 0 Å². The van der Waals surface area contributed by atoms with Crippen LogP contribution in [0.4, 0.5) is 10.1 Å². The van der Waals surface area contributed by atoms with E-state index in [2.05, 4.69) is 5.32 Å². The SMILES string of the molecule is CC(C)(Nc1ccc(S(N)(=O)=O)cc1F)C1CC1. The van der Waals surface area contributed by atoms with Crippen LogP contribution < -0.4 is 10.5 Å². The molecular weight excluding hydrogens is 255 g/mol. The third-order valence-electron chi connectivity index (χ3n) is 3.32. The molecule has 0 saturated heterocycles. The first kappa shape index (κ1) is 13.3. The number of sulfonamides is 1. The Morgan fingerprint density at radius 3 is 2.44 bits per heavy atom. The van der Waals surface area contributed by atoms with Gasteiger partial charge in [0.1, 0.15) is 5.82 Å². The van der Waals surface area contributed by atoms with Crippen molar-refractivity contribution in [1.29, 1.82) is 0 Å². The second kappa shape index (κ2) is 4.20. The van der Waals surface area contributed by atoms with E-state index in [4.69, 9.17) is 5.14 Å². The number of halogens is 1. The van der Waals surface area contributed by atoms with Crippen molar-refractivity contribution in [2.75, 3.05) is 5.32 Å². The summed E-state index contributed by atoms with van der Waals surface area (Å²) in [5.74, 6) is -0.0648. The van der Waals surface area contributed by atoms with Crippen molar-refractivity contribution in [2.24, 2.45) is 11.1 Å². The maximum absolute atomic E-state index is 13.8. The number of hydrogen-bond acceptors (Lipinski definition) is 3. The molecule has 0 aliphatic heterocycles. The molecular formula is C12H17FN2O2S. The van der Waals surface area contributed by atoms with Gasteiger partial charge in [0.2, 0.25) is 10.0 Å². The van der Waals surface area contributed by atoms with Crippen LogP contribution in [0, 0.1) is 11.7 Å². The third-order valence-corrected chi connectivity index (χ3v) is 4.23. The summed E-state index contributed by atoms with van der Waals surface area (Å²) >= 11 is 0. The average molecular weight is 272 g/mol. The van der Waals surface area contributed by atoms with E-state index < -0.39 is 15.8 Å². The Morgan fingerprint density at radius 2 is 2.00 bits per heavy atom. The monoisotopic (exact) mass is 272 g/mol. The fraction of sp³-hybridized carbons (Fsp3) is 0.500. The van der Waals surface area contributed by atoms with E-state index in [1.165, 1.54) is 12.1 Å². The van der Waals surface area contributed by atoms with Crippen molar-refractivity contribution in [3.8, 4) is 0 Å². The summed E-state index contributed by atoms with van der Waals surface area (Å²) < 4.78 is 36.0. The molecule has 0 bridgehead atoms. The minimum atomic E-state index is -3.86. The van der Waals surface area contributed by atoms with Gasteiger partial charge in [-0.3, -0.25) is 0 Å². The number of hydrogen-bond donors (Lipinski definition) is 2. The molecule has 2 rings (SSSR count). The van der Waals surface area contributed by atoms with Gasteiger partial charge in [0, 0.05) is 5.54 Å². The van der Waals surface area contributed by atoms with Gasteiger partial charge in [0.05, 0.1) is 10.6 Å². The molecule has 4 nitrogen and oxygen atoms in total. The molecule has 1 aromatic carbocycles. The molecule has 1 fully saturated rings. The first-order valence-corrected chi connectivity index (χ1v) is 7.35. The Balaban J connectivity index is 2.25. The summed E-state index contributed by atoms with van der Waals surface area (Å²) in [6.45, 7) is 4.02. The third kappa shape index (κ3) is 2.81. The molecule has 1 saturated carbocycles. The molecule has 0 atom stereocenters. The minimum absolute atomic E-state index is 0.191. The number of benzene rings is 1. The van der Waals surface area contributed by atoms with Gasteiger partial charge in [-0.05, 0) is 50.8 Å². The summed E-state index contributed by atoms with van der Waals surface area (Å²) in [7, 11) is -3.86. The maximum atomic E-state index is 13.8. The lowest BCUT2D eigenvalue weighted by Gasteiger charge is -2.27. The van der Waals surface area contributed by atoms with Crippen LogP contribution in [0.1, 0.15) is 26.7 Å². The van der Waals surface area contributed by atoms with E-state index in [9.17, 15) is 12.8 Å². The number of anilines is 1. The van der Waals surface area contributed by atoms with Crippen LogP contribution >= 0.6 is 0 Å². The maximum Gasteiger partial charge on any atom is 0.238 e. The van der Waals surface area contributed by atoms with E-state index in [0.717, 1.165) is 18.9 Å². The van der Waals surface area contributed by atoms with Crippen molar-refractivity contribution in [3.63, 3.8) is 0 Å². The summed E-state index contributed by atoms with van der Waals surface area (Å²) in [5, 5.41) is 8.06. The van der Waals surface area contributed by atoms with Gasteiger partial charge in [0.15, 0.2) is 0 Å². The van der Waals surface area contributed by atoms with Crippen LogP contribution in [0.3, 0.4) is 0 Å². The molecule has 1 aliphatic carbocycles. The van der Waals surface area contributed by atoms with Gasteiger partial charge in [-0.15, -0.1) is 0 Å². The molecule has 0 radical (unpaired) electrons. The Labute approximate surface area is 106 Å². The van der Waals surface area contributed by atoms with Crippen molar-refractivity contribution in [2.45, 2.75) is 37.1 Å². The summed E-state index contributed by atoms with van der Waals surface area (Å²) in [6.07, 6.45) is 2.27. The Hall–Kier alpha value is -1.14. The van der Waals surface area contributed by atoms with Crippen LogP contribution in [-0.2, 0) is 10.0 Å². The second-order valence-electron chi connectivity index (χ2n) is 5.31. The normalized spacial score (nSPS) is 16.7. The zero-order valence-corrected chi connectivity index (χ0v) is 11.2. The predicted octanol–water partition coefficient (Wildman–Crippen LogP) is 2.07. The lowest BCUT2D eigenvalue weighted by Crippen LogP contribution is -2.33. The predicted molar refractivity (Wildman–Crippen MR) is 68.2 cm³/mol. The highest BCUT2D eigenvalue weighted by Gasteiger charge is 2.38. The molecule has 0 spiro atoms. The molecule has 3 N–H and O–H groups in total. The van der Waals surface area contributed by atoms with Gasteiger partial charge >= 0.3 is 0 Å². The molecule has 0 heterocycles. The standard InChI is InChI=1S/C12H17FN2O2S/c1-12(2,8-3-4-8)15-11-6-5-9(7-10(11)13)18(14,16)17/h5-8,15H,3-4H2,1-2H3,(H2,14,16,17). The Bertz CT molecular complexity index is 565. The van der Waals surface area contributed by atoms with Crippen LogP contribution in [-0.4, -0.2) is 14.0 Å². The van der Waals surface area contributed by atoms with E-state index in [1.54, 1.807) is 0 Å². The van der Waals surface area contributed by atoms with E-state index in [1.807, 2.05) is 13.8 Å². The second-order valence-corrected chi connectivity index (χ2v) is 6.87. The molecule has 0 aromatic heterocycles. The Morgan fingerprint density at radius 1 is 1.39 bits per heavy atom. The van der Waals surface area contributed by atoms with Crippen molar-refractivity contribution < 1.29 is 12.8 Å². The van der Waals surface area contributed by atoms with Gasteiger partial charge < -0.3 is 5.32 Å². The first-order valence-electron chi connectivity index (χ1n) is 5.81. The fourth-order valence-corrected chi connectivity index (χ4v) is 2.55. The van der Waals surface area contributed by atoms with Crippen LogP contribution in [0.5, 0.6) is 0 Å². The highest BCUT2D eigenvalue weighted by molar-refractivity contribution is 7.89. The zero-order chi connectivity index (χ0) is 13.6. The van der Waals surface area contributed by atoms with Crippen LogP contribution in [0.2, 0.25) is 0 Å². The summed E-state index contributed by atoms with van der Waals surface area (Å²) in [4.78, 5) is -0.213. The lowest BCUT2D eigenvalue weighted by molar-refractivity contribution is 0.489. The lowest BCUT2D eigenvalue weighted by atomic mass is 9.98. The number of primary sulfonamides is 1. The van der Waals surface area contributed by atoms with Crippen LogP contribution in [0.25, 0.3) is 0 Å². The average Bonchev–Trinajstić information content (AvgIpc) is 3.02. The van der Waals surface area contributed by atoms with E-state index in [-0.39, 0.29) is 10.4 Å². The Kier molecular flexibility index (Phi) is 3.11. The van der Waals surface area contributed by atoms with Crippen molar-refractivity contribution >= 4 is 15.7 Å². The van der Waals surface area contributed by atoms with E-state index in [0.29, 0.717) is 11.6 Å². The molecule has 1 aliphatic rings. The van der Waals surface area contributed by atoms with Gasteiger partial charge in [-0.2, -0.15) is 0 Å². The number of nitrogens with one attached hydrogen (secondary N) is 1. The zero-order valence-electron chi connectivity index (χ0n) is 10.4. The molecule has 0 unspecified atom stereocenters. The van der Waals surface area contributed by atoms with E-state index >= 15 is 0 Å². The number of nitrogens with two attached hydrogens (primary N) is 1. The highest BCUT2D eigenvalue weighted by Crippen LogP contribution is 2.41. The fourth-order valence-electron chi connectivity index (χ4n) is 2.03. The smallest absolute Gasteiger partial charge is 0.238 e. The van der Waals surface area contributed by atoms with Crippen LogP contribution in [0.15, 0.2) is 23.1 Å². The molecule has 18 heavy (non-hydrogen) atoms. The number of rotatable bonds is 4.